The van der Waals surface area contributed by atoms with Gasteiger partial charge >= 0.3 is 0 Å². The summed E-state index contributed by atoms with van der Waals surface area (Å²) in [6, 6.07) is 0. The molecule has 0 saturated carbocycles. The van der Waals surface area contributed by atoms with E-state index >= 15 is 0 Å². The quantitative estimate of drug-likeness (QED) is 0.689. The molecular formula is C10H15N3O2. The maximum Gasteiger partial charge on any atom is 0.172 e. The van der Waals surface area contributed by atoms with Crippen LogP contribution in [0.4, 0.5) is 0 Å². The Balaban J connectivity index is 2.12. The molecule has 1 aliphatic rings. The highest BCUT2D eigenvalue weighted by molar-refractivity contribution is 5.73. The van der Waals surface area contributed by atoms with E-state index in [4.69, 9.17) is 4.74 Å². The number of aldehydes is 1. The first-order valence-corrected chi connectivity index (χ1v) is 5.34. The van der Waals surface area contributed by atoms with Gasteiger partial charge in [0.25, 0.3) is 0 Å². The zero-order chi connectivity index (χ0) is 10.7. The van der Waals surface area contributed by atoms with E-state index in [1.54, 1.807) is 4.68 Å². The Kier molecular flexibility index (Phi) is 3.11. The zero-order valence-corrected chi connectivity index (χ0v) is 8.85. The lowest BCUT2D eigenvalue weighted by Gasteiger charge is -2.10. The van der Waals surface area contributed by atoms with E-state index in [-0.39, 0.29) is 6.10 Å². The molecule has 1 atom stereocenters. The molecule has 2 heterocycles. The molecule has 5 heteroatoms. The number of carbonyl (C=O) groups excluding carboxylic acids is 1. The molecule has 5 nitrogen and oxygen atoms in total. The maximum absolute atomic E-state index is 10.7. The second-order valence-corrected chi connectivity index (χ2v) is 3.71. The standard InChI is InChI=1S/C10H15N3O2/c1-2-10-9(7-14)11-12-13(10)6-8-4-3-5-15-8/h7-8H,2-6H2,1H3. The first kappa shape index (κ1) is 10.3. The lowest BCUT2D eigenvalue weighted by atomic mass is 10.2. The van der Waals surface area contributed by atoms with Crippen LogP contribution in [0.5, 0.6) is 0 Å². The van der Waals surface area contributed by atoms with Crippen LogP contribution in [0.1, 0.15) is 35.9 Å². The minimum Gasteiger partial charge on any atom is -0.376 e. The summed E-state index contributed by atoms with van der Waals surface area (Å²) < 4.78 is 7.31. The highest BCUT2D eigenvalue weighted by Gasteiger charge is 2.19. The lowest BCUT2D eigenvalue weighted by molar-refractivity contribution is 0.0927. The lowest BCUT2D eigenvalue weighted by Crippen LogP contribution is -2.18. The molecule has 1 unspecified atom stereocenters. The maximum atomic E-state index is 10.7. The largest absolute Gasteiger partial charge is 0.376 e. The van der Waals surface area contributed by atoms with Crippen molar-refractivity contribution in [1.29, 1.82) is 0 Å². The highest BCUT2D eigenvalue weighted by atomic mass is 16.5. The predicted molar refractivity (Wildman–Crippen MR) is 53.8 cm³/mol. The fourth-order valence-electron chi connectivity index (χ4n) is 1.93. The van der Waals surface area contributed by atoms with Gasteiger partial charge in [-0.2, -0.15) is 0 Å². The van der Waals surface area contributed by atoms with Crippen LogP contribution in [0, 0.1) is 0 Å². The van der Waals surface area contributed by atoms with Crippen LogP contribution >= 0.6 is 0 Å². The average molecular weight is 209 g/mol. The third-order valence-corrected chi connectivity index (χ3v) is 2.71. The van der Waals surface area contributed by atoms with Gasteiger partial charge in [0.05, 0.1) is 18.3 Å². The van der Waals surface area contributed by atoms with Crippen molar-refractivity contribution in [3.63, 3.8) is 0 Å². The van der Waals surface area contributed by atoms with Crippen LogP contribution in [0.25, 0.3) is 0 Å². The van der Waals surface area contributed by atoms with Gasteiger partial charge in [-0.15, -0.1) is 5.10 Å². The topological polar surface area (TPSA) is 57.0 Å². The van der Waals surface area contributed by atoms with Crippen molar-refractivity contribution in [2.75, 3.05) is 6.61 Å². The van der Waals surface area contributed by atoms with Crippen molar-refractivity contribution in [2.45, 2.75) is 38.8 Å². The van der Waals surface area contributed by atoms with E-state index in [0.717, 1.165) is 37.8 Å². The zero-order valence-electron chi connectivity index (χ0n) is 8.85. The van der Waals surface area contributed by atoms with Crippen molar-refractivity contribution in [1.82, 2.24) is 15.0 Å². The third kappa shape index (κ3) is 2.07. The molecule has 1 aromatic rings. The summed E-state index contributed by atoms with van der Waals surface area (Å²) in [6.45, 7) is 3.54. The number of hydrogen-bond donors (Lipinski definition) is 0. The number of aromatic nitrogens is 3. The normalized spacial score (nSPS) is 20.7. The summed E-state index contributed by atoms with van der Waals surface area (Å²) >= 11 is 0. The van der Waals surface area contributed by atoms with E-state index in [2.05, 4.69) is 10.3 Å². The molecule has 1 saturated heterocycles. The molecule has 0 aromatic carbocycles. The first-order valence-electron chi connectivity index (χ1n) is 5.34. The molecule has 0 bridgehead atoms. The minimum absolute atomic E-state index is 0.233. The third-order valence-electron chi connectivity index (χ3n) is 2.71. The van der Waals surface area contributed by atoms with E-state index in [1.165, 1.54) is 0 Å². The SMILES string of the molecule is CCc1c(C=O)nnn1CC1CCCO1. The molecule has 1 aliphatic heterocycles. The van der Waals surface area contributed by atoms with E-state index in [0.29, 0.717) is 12.2 Å². The molecule has 0 radical (unpaired) electrons. The fourth-order valence-corrected chi connectivity index (χ4v) is 1.93. The Morgan fingerprint density at radius 1 is 1.67 bits per heavy atom. The van der Waals surface area contributed by atoms with E-state index < -0.39 is 0 Å². The Bertz CT molecular complexity index is 342. The summed E-state index contributed by atoms with van der Waals surface area (Å²) in [4.78, 5) is 10.7. The van der Waals surface area contributed by atoms with Crippen molar-refractivity contribution < 1.29 is 9.53 Å². The van der Waals surface area contributed by atoms with E-state index in [1.807, 2.05) is 6.92 Å². The van der Waals surface area contributed by atoms with Crippen LogP contribution in [0.3, 0.4) is 0 Å². The summed E-state index contributed by atoms with van der Waals surface area (Å²) in [7, 11) is 0. The molecule has 1 aromatic heterocycles. The second kappa shape index (κ2) is 4.53. The number of ether oxygens (including phenoxy) is 1. The summed E-state index contributed by atoms with van der Waals surface area (Å²) in [5, 5.41) is 7.81. The van der Waals surface area contributed by atoms with Gasteiger partial charge in [0.1, 0.15) is 5.69 Å². The molecule has 0 amide bonds. The second-order valence-electron chi connectivity index (χ2n) is 3.71. The Morgan fingerprint density at radius 3 is 3.13 bits per heavy atom. The van der Waals surface area contributed by atoms with Crippen LogP contribution in [-0.2, 0) is 17.7 Å². The number of carbonyl (C=O) groups is 1. The van der Waals surface area contributed by atoms with Crippen molar-refractivity contribution in [3.8, 4) is 0 Å². The predicted octanol–water partition coefficient (Wildman–Crippen LogP) is 0.832. The van der Waals surface area contributed by atoms with Gasteiger partial charge in [0.2, 0.25) is 0 Å². The van der Waals surface area contributed by atoms with Gasteiger partial charge in [-0.05, 0) is 19.3 Å². The monoisotopic (exact) mass is 209 g/mol. The van der Waals surface area contributed by atoms with Gasteiger partial charge < -0.3 is 4.74 Å². The Morgan fingerprint density at radius 2 is 2.53 bits per heavy atom. The van der Waals surface area contributed by atoms with E-state index in [9.17, 15) is 4.79 Å². The average Bonchev–Trinajstić information content (AvgIpc) is 2.87. The molecule has 0 aliphatic carbocycles. The van der Waals surface area contributed by atoms with Gasteiger partial charge in [-0.3, -0.25) is 4.79 Å². The van der Waals surface area contributed by atoms with Crippen molar-refractivity contribution in [3.05, 3.63) is 11.4 Å². The molecule has 15 heavy (non-hydrogen) atoms. The van der Waals surface area contributed by atoms with Gasteiger partial charge in [0, 0.05) is 6.61 Å². The van der Waals surface area contributed by atoms with Gasteiger partial charge in [-0.25, -0.2) is 4.68 Å². The number of rotatable bonds is 4. The molecule has 1 fully saturated rings. The Labute approximate surface area is 88.4 Å². The van der Waals surface area contributed by atoms with Crippen molar-refractivity contribution >= 4 is 6.29 Å². The summed E-state index contributed by atoms with van der Waals surface area (Å²) in [6.07, 6.45) is 3.95. The van der Waals surface area contributed by atoms with Crippen LogP contribution in [-0.4, -0.2) is 34.0 Å². The first-order chi connectivity index (χ1) is 7.35. The molecule has 82 valence electrons. The number of nitrogens with zero attached hydrogens (tertiary/aromatic N) is 3. The molecule has 0 spiro atoms. The molecular weight excluding hydrogens is 194 g/mol. The number of hydrogen-bond acceptors (Lipinski definition) is 4. The van der Waals surface area contributed by atoms with Crippen molar-refractivity contribution in [2.24, 2.45) is 0 Å². The summed E-state index contributed by atoms with van der Waals surface area (Å²) in [5.41, 5.74) is 1.36. The Hall–Kier alpha value is -1.23. The summed E-state index contributed by atoms with van der Waals surface area (Å²) in [5.74, 6) is 0. The van der Waals surface area contributed by atoms with Crippen LogP contribution in [0.15, 0.2) is 0 Å². The highest BCUT2D eigenvalue weighted by Crippen LogP contribution is 2.15. The smallest absolute Gasteiger partial charge is 0.172 e. The minimum atomic E-state index is 0.233. The fraction of sp³-hybridized carbons (Fsp3) is 0.700. The molecule has 2 rings (SSSR count). The van der Waals surface area contributed by atoms with Crippen LogP contribution in [0.2, 0.25) is 0 Å². The molecule has 0 N–H and O–H groups in total. The van der Waals surface area contributed by atoms with Gasteiger partial charge in [0.15, 0.2) is 6.29 Å². The van der Waals surface area contributed by atoms with Gasteiger partial charge in [-0.1, -0.05) is 12.1 Å². The van der Waals surface area contributed by atoms with Crippen LogP contribution < -0.4 is 0 Å².